The predicted molar refractivity (Wildman–Crippen MR) is 86.8 cm³/mol. The Labute approximate surface area is 126 Å². The minimum Gasteiger partial charge on any atom is -0.382 e. The minimum atomic E-state index is 0.543. The number of hydrogen-bond donors (Lipinski definition) is 1. The molecule has 0 spiro atoms. The van der Waals surface area contributed by atoms with Crippen molar-refractivity contribution in [3.63, 3.8) is 0 Å². The van der Waals surface area contributed by atoms with Gasteiger partial charge < -0.3 is 10.2 Å². The monoisotopic (exact) mass is 282 g/mol. The second-order valence-corrected chi connectivity index (χ2v) is 5.69. The van der Waals surface area contributed by atoms with Crippen molar-refractivity contribution < 1.29 is 0 Å². The van der Waals surface area contributed by atoms with Crippen molar-refractivity contribution in [1.29, 1.82) is 0 Å². The Morgan fingerprint density at radius 2 is 1.81 bits per heavy atom. The highest BCUT2D eigenvalue weighted by atomic mass is 15.2. The van der Waals surface area contributed by atoms with Gasteiger partial charge in [-0.25, -0.2) is 4.98 Å². The fraction of sp³-hybridized carbons (Fsp3) is 0.412. The highest BCUT2D eigenvalue weighted by Gasteiger charge is 2.21. The third-order valence-corrected chi connectivity index (χ3v) is 3.99. The van der Waals surface area contributed by atoms with Crippen LogP contribution in [0.25, 0.3) is 0 Å². The number of benzene rings is 1. The third kappa shape index (κ3) is 3.32. The van der Waals surface area contributed by atoms with E-state index in [2.05, 4.69) is 44.5 Å². The first-order valence-electron chi connectivity index (χ1n) is 7.59. The maximum Gasteiger partial charge on any atom is 0.150 e. The largest absolute Gasteiger partial charge is 0.382 e. The van der Waals surface area contributed by atoms with E-state index >= 15 is 0 Å². The standard InChI is InChI=1S/C17H22N4/c1-13-12-18-14(2)17(19-13)21-10-8-16(9-11-21)20-15-6-4-3-5-7-15/h3-7,12,16,20H,8-11H2,1-2H3. The van der Waals surface area contributed by atoms with Gasteiger partial charge in [-0.3, -0.25) is 4.98 Å². The fourth-order valence-electron chi connectivity index (χ4n) is 2.83. The summed E-state index contributed by atoms with van der Waals surface area (Å²) in [5, 5.41) is 3.62. The molecule has 1 aliphatic rings. The molecule has 4 nitrogen and oxygen atoms in total. The molecule has 0 aliphatic carbocycles. The van der Waals surface area contributed by atoms with E-state index in [0.717, 1.165) is 43.1 Å². The van der Waals surface area contributed by atoms with E-state index < -0.39 is 0 Å². The average Bonchev–Trinajstić information content (AvgIpc) is 2.52. The summed E-state index contributed by atoms with van der Waals surface area (Å²) in [6.07, 6.45) is 4.09. The first-order valence-corrected chi connectivity index (χ1v) is 7.59. The molecule has 0 amide bonds. The van der Waals surface area contributed by atoms with Crippen molar-refractivity contribution in [2.45, 2.75) is 32.7 Å². The molecular formula is C17H22N4. The zero-order valence-electron chi connectivity index (χ0n) is 12.7. The minimum absolute atomic E-state index is 0.543. The first-order chi connectivity index (χ1) is 10.2. The molecule has 0 saturated carbocycles. The number of anilines is 2. The molecule has 0 unspecified atom stereocenters. The van der Waals surface area contributed by atoms with Gasteiger partial charge in [-0.1, -0.05) is 18.2 Å². The van der Waals surface area contributed by atoms with Gasteiger partial charge in [0.1, 0.15) is 5.82 Å². The number of aryl methyl sites for hydroxylation is 2. The molecule has 1 N–H and O–H groups in total. The van der Waals surface area contributed by atoms with Crippen LogP contribution in [-0.4, -0.2) is 29.1 Å². The van der Waals surface area contributed by atoms with Gasteiger partial charge in [-0.05, 0) is 38.8 Å². The Kier molecular flexibility index (Phi) is 4.04. The van der Waals surface area contributed by atoms with E-state index in [9.17, 15) is 0 Å². The van der Waals surface area contributed by atoms with Crippen LogP contribution in [-0.2, 0) is 0 Å². The van der Waals surface area contributed by atoms with E-state index in [4.69, 9.17) is 0 Å². The quantitative estimate of drug-likeness (QED) is 0.939. The van der Waals surface area contributed by atoms with E-state index in [1.807, 2.05) is 26.1 Å². The number of nitrogens with zero attached hydrogens (tertiary/aromatic N) is 3. The molecular weight excluding hydrogens is 260 g/mol. The molecule has 1 fully saturated rings. The van der Waals surface area contributed by atoms with Crippen molar-refractivity contribution in [3.05, 3.63) is 47.9 Å². The smallest absolute Gasteiger partial charge is 0.150 e. The summed E-state index contributed by atoms with van der Waals surface area (Å²) in [5.74, 6) is 1.05. The maximum absolute atomic E-state index is 4.65. The Balaban J connectivity index is 1.61. The van der Waals surface area contributed by atoms with E-state index in [1.54, 1.807) is 0 Å². The number of aromatic nitrogens is 2. The van der Waals surface area contributed by atoms with E-state index in [1.165, 1.54) is 5.69 Å². The lowest BCUT2D eigenvalue weighted by Crippen LogP contribution is -2.40. The first kappa shape index (κ1) is 13.9. The lowest BCUT2D eigenvalue weighted by molar-refractivity contribution is 0.522. The summed E-state index contributed by atoms with van der Waals surface area (Å²) < 4.78 is 0. The molecule has 110 valence electrons. The summed E-state index contributed by atoms with van der Waals surface area (Å²) in [5.41, 5.74) is 3.22. The van der Waals surface area contributed by atoms with Gasteiger partial charge >= 0.3 is 0 Å². The van der Waals surface area contributed by atoms with Gasteiger partial charge in [-0.15, -0.1) is 0 Å². The van der Waals surface area contributed by atoms with Crippen molar-refractivity contribution in [2.75, 3.05) is 23.3 Å². The molecule has 2 heterocycles. The molecule has 1 aliphatic heterocycles. The number of para-hydroxylation sites is 1. The van der Waals surface area contributed by atoms with Crippen LogP contribution < -0.4 is 10.2 Å². The van der Waals surface area contributed by atoms with Crippen LogP contribution in [0, 0.1) is 13.8 Å². The summed E-state index contributed by atoms with van der Waals surface area (Å²) in [6.45, 7) is 6.10. The van der Waals surface area contributed by atoms with E-state index in [0.29, 0.717) is 6.04 Å². The fourth-order valence-corrected chi connectivity index (χ4v) is 2.83. The topological polar surface area (TPSA) is 41.1 Å². The second-order valence-electron chi connectivity index (χ2n) is 5.69. The molecule has 0 atom stereocenters. The second kappa shape index (κ2) is 6.12. The van der Waals surface area contributed by atoms with Crippen LogP contribution >= 0.6 is 0 Å². The zero-order valence-corrected chi connectivity index (χ0v) is 12.7. The van der Waals surface area contributed by atoms with Crippen molar-refractivity contribution >= 4 is 11.5 Å². The van der Waals surface area contributed by atoms with Gasteiger partial charge in [0.2, 0.25) is 0 Å². The Hall–Kier alpha value is -2.10. The predicted octanol–water partition coefficient (Wildman–Crippen LogP) is 3.17. The molecule has 0 radical (unpaired) electrons. The summed E-state index contributed by atoms with van der Waals surface area (Å²) in [6, 6.07) is 11.0. The Morgan fingerprint density at radius 3 is 2.52 bits per heavy atom. The van der Waals surface area contributed by atoms with Crippen LogP contribution in [0.5, 0.6) is 0 Å². The lowest BCUT2D eigenvalue weighted by atomic mass is 10.0. The van der Waals surface area contributed by atoms with Gasteiger partial charge in [0, 0.05) is 31.0 Å². The van der Waals surface area contributed by atoms with Gasteiger partial charge in [0.05, 0.1) is 11.4 Å². The normalized spacial score (nSPS) is 16.0. The highest BCUT2D eigenvalue weighted by Crippen LogP contribution is 2.22. The van der Waals surface area contributed by atoms with Crippen LogP contribution in [0.3, 0.4) is 0 Å². The molecule has 2 aromatic rings. The number of hydrogen-bond acceptors (Lipinski definition) is 4. The van der Waals surface area contributed by atoms with Crippen LogP contribution in [0.4, 0.5) is 11.5 Å². The number of nitrogens with one attached hydrogen (secondary N) is 1. The third-order valence-electron chi connectivity index (χ3n) is 3.99. The number of rotatable bonds is 3. The summed E-state index contributed by atoms with van der Waals surface area (Å²) in [7, 11) is 0. The Morgan fingerprint density at radius 1 is 1.10 bits per heavy atom. The molecule has 3 rings (SSSR count). The molecule has 1 saturated heterocycles. The van der Waals surface area contributed by atoms with Crippen LogP contribution in [0.2, 0.25) is 0 Å². The van der Waals surface area contributed by atoms with Gasteiger partial charge in [0.15, 0.2) is 0 Å². The van der Waals surface area contributed by atoms with Crippen molar-refractivity contribution in [3.8, 4) is 0 Å². The number of piperidine rings is 1. The molecule has 1 aromatic carbocycles. The maximum atomic E-state index is 4.65. The SMILES string of the molecule is Cc1cnc(C)c(N2CCC(Nc3ccccc3)CC2)n1. The van der Waals surface area contributed by atoms with Gasteiger partial charge in [-0.2, -0.15) is 0 Å². The van der Waals surface area contributed by atoms with E-state index in [-0.39, 0.29) is 0 Å². The van der Waals surface area contributed by atoms with Crippen LogP contribution in [0.1, 0.15) is 24.2 Å². The average molecular weight is 282 g/mol. The molecule has 0 bridgehead atoms. The molecule has 1 aromatic heterocycles. The van der Waals surface area contributed by atoms with Crippen LogP contribution in [0.15, 0.2) is 36.5 Å². The van der Waals surface area contributed by atoms with Crippen molar-refractivity contribution in [2.24, 2.45) is 0 Å². The summed E-state index contributed by atoms with van der Waals surface area (Å²) >= 11 is 0. The summed E-state index contributed by atoms with van der Waals surface area (Å²) in [4.78, 5) is 11.4. The lowest BCUT2D eigenvalue weighted by Gasteiger charge is -2.34. The van der Waals surface area contributed by atoms with Crippen molar-refractivity contribution in [1.82, 2.24) is 9.97 Å². The zero-order chi connectivity index (χ0) is 14.7. The van der Waals surface area contributed by atoms with Gasteiger partial charge in [0.25, 0.3) is 0 Å². The Bertz CT molecular complexity index is 589. The highest BCUT2D eigenvalue weighted by molar-refractivity contribution is 5.46. The molecule has 21 heavy (non-hydrogen) atoms. The molecule has 4 heteroatoms.